The molecular formula is C17H16N6OS2. The standard InChI is InChI=1S/C17H16N6OS2/c1-10-4-5-13(6-11(10)2)23-17(20-21-22-23)26-9-15(24)14(7-18)16-19-12(3)8-25-16/h4-6,8,14H,9H2,1-3H3/t14-/m0/s1. The number of aryl methyl sites for hydroxylation is 3. The van der Waals surface area contributed by atoms with Crippen LogP contribution < -0.4 is 0 Å². The van der Waals surface area contributed by atoms with Crippen molar-refractivity contribution in [3.63, 3.8) is 0 Å². The first-order valence-electron chi connectivity index (χ1n) is 7.82. The van der Waals surface area contributed by atoms with Crippen molar-refractivity contribution in [2.75, 3.05) is 5.75 Å². The molecule has 0 radical (unpaired) electrons. The van der Waals surface area contributed by atoms with E-state index in [1.807, 2.05) is 50.4 Å². The lowest BCUT2D eigenvalue weighted by Gasteiger charge is -2.07. The van der Waals surface area contributed by atoms with Gasteiger partial charge in [-0.05, 0) is 54.5 Å². The maximum Gasteiger partial charge on any atom is 0.214 e. The molecule has 0 saturated carbocycles. The van der Waals surface area contributed by atoms with Crippen LogP contribution in [0.3, 0.4) is 0 Å². The van der Waals surface area contributed by atoms with Gasteiger partial charge in [0.1, 0.15) is 5.01 Å². The molecule has 1 atom stereocenters. The van der Waals surface area contributed by atoms with Gasteiger partial charge in [0.05, 0.1) is 17.5 Å². The Bertz CT molecular complexity index is 987. The highest BCUT2D eigenvalue weighted by atomic mass is 32.2. The molecule has 0 unspecified atom stereocenters. The van der Waals surface area contributed by atoms with Gasteiger partial charge in [0.25, 0.3) is 0 Å². The number of tetrazole rings is 1. The molecule has 0 aliphatic heterocycles. The molecule has 9 heteroatoms. The minimum absolute atomic E-state index is 0.0993. The zero-order valence-corrected chi connectivity index (χ0v) is 16.1. The SMILES string of the molecule is Cc1csc([C@@H](C#N)C(=O)CSc2nnnn2-c2ccc(C)c(C)c2)n1. The van der Waals surface area contributed by atoms with E-state index in [1.165, 1.54) is 28.7 Å². The van der Waals surface area contributed by atoms with E-state index in [4.69, 9.17) is 0 Å². The van der Waals surface area contributed by atoms with Gasteiger partial charge in [0.2, 0.25) is 5.16 Å². The quantitative estimate of drug-likeness (QED) is 0.603. The Morgan fingerprint density at radius 2 is 2.15 bits per heavy atom. The largest absolute Gasteiger partial charge is 0.297 e. The summed E-state index contributed by atoms with van der Waals surface area (Å²) < 4.78 is 1.60. The lowest BCUT2D eigenvalue weighted by molar-refractivity contribution is -0.116. The van der Waals surface area contributed by atoms with Gasteiger partial charge in [0, 0.05) is 11.1 Å². The van der Waals surface area contributed by atoms with E-state index in [0.717, 1.165) is 16.9 Å². The summed E-state index contributed by atoms with van der Waals surface area (Å²) in [5, 5.41) is 23.9. The Kier molecular flexibility index (Phi) is 5.44. The zero-order valence-electron chi connectivity index (χ0n) is 14.5. The van der Waals surface area contributed by atoms with Gasteiger partial charge < -0.3 is 0 Å². The monoisotopic (exact) mass is 384 g/mol. The molecule has 7 nitrogen and oxygen atoms in total. The van der Waals surface area contributed by atoms with Crippen molar-refractivity contribution in [2.24, 2.45) is 0 Å². The first-order chi connectivity index (χ1) is 12.5. The van der Waals surface area contributed by atoms with Gasteiger partial charge in [-0.3, -0.25) is 4.79 Å². The van der Waals surface area contributed by atoms with Gasteiger partial charge >= 0.3 is 0 Å². The molecule has 132 valence electrons. The van der Waals surface area contributed by atoms with Gasteiger partial charge in [-0.25, -0.2) is 4.98 Å². The smallest absolute Gasteiger partial charge is 0.214 e. The molecule has 1 aromatic carbocycles. The number of thioether (sulfide) groups is 1. The number of nitriles is 1. The minimum atomic E-state index is -0.854. The number of rotatable bonds is 6. The summed E-state index contributed by atoms with van der Waals surface area (Å²) in [6.07, 6.45) is 0. The second-order valence-corrected chi connectivity index (χ2v) is 7.62. The van der Waals surface area contributed by atoms with Crippen LogP contribution in [0, 0.1) is 32.1 Å². The summed E-state index contributed by atoms with van der Waals surface area (Å²) in [4.78, 5) is 16.7. The van der Waals surface area contributed by atoms with Crippen LogP contribution in [0.2, 0.25) is 0 Å². The fourth-order valence-corrected chi connectivity index (χ4v) is 3.93. The third-order valence-electron chi connectivity index (χ3n) is 3.85. The lowest BCUT2D eigenvalue weighted by Crippen LogP contribution is -2.13. The van der Waals surface area contributed by atoms with Gasteiger partial charge in [-0.2, -0.15) is 9.94 Å². The fraction of sp³-hybridized carbons (Fsp3) is 0.294. The number of nitrogens with zero attached hydrogens (tertiary/aromatic N) is 6. The van der Waals surface area contributed by atoms with E-state index in [-0.39, 0.29) is 11.5 Å². The van der Waals surface area contributed by atoms with E-state index in [1.54, 1.807) is 4.68 Å². The van der Waals surface area contributed by atoms with Crippen molar-refractivity contribution in [3.8, 4) is 11.8 Å². The van der Waals surface area contributed by atoms with Crippen LogP contribution in [0.25, 0.3) is 5.69 Å². The predicted molar refractivity (Wildman–Crippen MR) is 99.6 cm³/mol. The summed E-state index contributed by atoms with van der Waals surface area (Å²) in [6.45, 7) is 5.90. The van der Waals surface area contributed by atoms with Crippen LogP contribution in [-0.2, 0) is 4.79 Å². The molecule has 2 heterocycles. The normalized spacial score (nSPS) is 11.9. The Balaban J connectivity index is 1.74. The number of carbonyl (C=O) groups is 1. The fourth-order valence-electron chi connectivity index (χ4n) is 2.28. The zero-order chi connectivity index (χ0) is 18.7. The number of Topliss-reactive ketones (excluding diaryl/α,β-unsaturated/α-hetero) is 1. The molecule has 26 heavy (non-hydrogen) atoms. The van der Waals surface area contributed by atoms with Crippen molar-refractivity contribution in [2.45, 2.75) is 31.8 Å². The molecule has 0 fully saturated rings. The second-order valence-electron chi connectivity index (χ2n) is 5.79. The number of carbonyl (C=O) groups excluding carboxylic acids is 1. The summed E-state index contributed by atoms with van der Waals surface area (Å²) in [6, 6.07) is 7.98. The van der Waals surface area contributed by atoms with Gasteiger partial charge in [-0.15, -0.1) is 16.4 Å². The third kappa shape index (κ3) is 3.81. The third-order valence-corrected chi connectivity index (χ3v) is 5.82. The summed E-state index contributed by atoms with van der Waals surface area (Å²) >= 11 is 2.54. The Morgan fingerprint density at radius 3 is 2.81 bits per heavy atom. The minimum Gasteiger partial charge on any atom is -0.297 e. The first kappa shape index (κ1) is 18.2. The molecule has 0 aliphatic carbocycles. The molecule has 3 rings (SSSR count). The molecule has 2 aromatic heterocycles. The average Bonchev–Trinajstić information content (AvgIpc) is 3.25. The topological polar surface area (TPSA) is 97.4 Å². The molecular weight excluding hydrogens is 368 g/mol. The Morgan fingerprint density at radius 1 is 1.35 bits per heavy atom. The molecule has 0 spiro atoms. The van der Waals surface area contributed by atoms with Crippen LogP contribution in [0.1, 0.15) is 27.7 Å². The van der Waals surface area contributed by atoms with Crippen molar-refractivity contribution in [3.05, 3.63) is 45.4 Å². The van der Waals surface area contributed by atoms with Gasteiger partial charge in [0.15, 0.2) is 11.7 Å². The summed E-state index contributed by atoms with van der Waals surface area (Å²) in [5.41, 5.74) is 3.96. The second kappa shape index (κ2) is 7.76. The molecule has 0 bridgehead atoms. The molecule has 0 aliphatic rings. The van der Waals surface area contributed by atoms with Crippen LogP contribution in [0.15, 0.2) is 28.7 Å². The molecule has 3 aromatic rings. The Labute approximate surface area is 159 Å². The number of hydrogen-bond acceptors (Lipinski definition) is 8. The van der Waals surface area contributed by atoms with E-state index < -0.39 is 5.92 Å². The number of ketones is 1. The number of hydrogen-bond donors (Lipinski definition) is 0. The Hall–Kier alpha value is -2.57. The van der Waals surface area contributed by atoms with Crippen LogP contribution in [0.5, 0.6) is 0 Å². The van der Waals surface area contributed by atoms with Crippen molar-refractivity contribution < 1.29 is 4.79 Å². The number of benzene rings is 1. The number of thiazole rings is 1. The average molecular weight is 384 g/mol. The van der Waals surface area contributed by atoms with Crippen molar-refractivity contribution >= 4 is 28.9 Å². The highest BCUT2D eigenvalue weighted by Gasteiger charge is 2.24. The molecule has 0 N–H and O–H groups in total. The highest BCUT2D eigenvalue weighted by Crippen LogP contribution is 2.25. The van der Waals surface area contributed by atoms with Crippen molar-refractivity contribution in [1.82, 2.24) is 25.2 Å². The van der Waals surface area contributed by atoms with Gasteiger partial charge in [-0.1, -0.05) is 17.8 Å². The van der Waals surface area contributed by atoms with Crippen LogP contribution >= 0.6 is 23.1 Å². The highest BCUT2D eigenvalue weighted by molar-refractivity contribution is 7.99. The van der Waals surface area contributed by atoms with E-state index in [9.17, 15) is 10.1 Å². The summed E-state index contributed by atoms with van der Waals surface area (Å²) in [7, 11) is 0. The van der Waals surface area contributed by atoms with E-state index in [0.29, 0.717) is 10.2 Å². The van der Waals surface area contributed by atoms with Crippen LogP contribution in [-0.4, -0.2) is 36.7 Å². The van der Waals surface area contributed by atoms with E-state index >= 15 is 0 Å². The predicted octanol–water partition coefficient (Wildman–Crippen LogP) is 3.01. The summed E-state index contributed by atoms with van der Waals surface area (Å²) in [5.74, 6) is -0.962. The van der Waals surface area contributed by atoms with Crippen LogP contribution in [0.4, 0.5) is 0 Å². The lowest BCUT2D eigenvalue weighted by atomic mass is 10.1. The molecule has 0 saturated heterocycles. The maximum atomic E-state index is 12.5. The number of aromatic nitrogens is 5. The first-order valence-corrected chi connectivity index (χ1v) is 9.69. The van der Waals surface area contributed by atoms with E-state index in [2.05, 4.69) is 20.5 Å². The molecule has 0 amide bonds. The van der Waals surface area contributed by atoms with Crippen molar-refractivity contribution in [1.29, 1.82) is 5.26 Å². The maximum absolute atomic E-state index is 12.5.